The van der Waals surface area contributed by atoms with Crippen molar-refractivity contribution in [1.82, 2.24) is 51.5 Å². The summed E-state index contributed by atoms with van der Waals surface area (Å²) < 4.78 is 29.2. The average Bonchev–Trinajstić information content (AvgIpc) is 1.74. The molecule has 4 fully saturated rings. The van der Waals surface area contributed by atoms with E-state index in [4.69, 9.17) is 28.4 Å². The Morgan fingerprint density at radius 3 is 1.02 bits per heavy atom. The molecule has 4 rings (SSSR count). The number of rotatable bonds is 57. The molecule has 0 aromatic carbocycles. The molecule has 4 aliphatic heterocycles. The van der Waals surface area contributed by atoms with Gasteiger partial charge in [-0.2, -0.15) is 47.0 Å². The summed E-state index contributed by atoms with van der Waals surface area (Å²) in [6.45, 7) is 27.4. The Hall–Kier alpha value is -8.16. The second-order valence-electron chi connectivity index (χ2n) is 26.7. The largest absolute Gasteiger partial charge is 0.463 e. The Kier molecular flexibility index (Phi) is 56.7. The van der Waals surface area contributed by atoms with E-state index in [9.17, 15) is 81.8 Å². The van der Waals surface area contributed by atoms with Crippen LogP contribution in [0.4, 0.5) is 0 Å². The molecule has 0 radical (unpaired) electrons. The Morgan fingerprint density at radius 1 is 0.429 bits per heavy atom. The van der Waals surface area contributed by atoms with Gasteiger partial charge in [0.15, 0.2) is 0 Å². The number of hydrogen-bond acceptors (Lipinski definition) is 27. The number of nitrogens with zero attached hydrogens (tertiary/aromatic N) is 4. The Balaban J connectivity index is 0.000000747. The van der Waals surface area contributed by atoms with E-state index in [1.807, 2.05) is 47.3 Å². The van der Waals surface area contributed by atoms with Gasteiger partial charge in [-0.3, -0.25) is 57.5 Å². The molecule has 33 nitrogen and oxygen atoms in total. The lowest BCUT2D eigenvalue weighted by atomic mass is 10.1. The summed E-state index contributed by atoms with van der Waals surface area (Å²) in [4.78, 5) is 189. The van der Waals surface area contributed by atoms with Crippen LogP contribution in [-0.4, -0.2) is 301 Å². The van der Waals surface area contributed by atoms with Crippen molar-refractivity contribution in [3.05, 3.63) is 49.6 Å². The maximum atomic E-state index is 12.1. The quantitative estimate of drug-likeness (QED) is 0.0151. The molecule has 0 aromatic rings. The summed E-state index contributed by atoms with van der Waals surface area (Å²) in [5.74, 6) is 2.54. The first kappa shape index (κ1) is 102. The first-order valence-electron chi connectivity index (χ1n) is 37.6. The number of carbonyl (C=O) groups excluding carboxylic acids is 16. The monoisotopic (exact) mass is 1660 g/mol. The molecule has 7 N–H and O–H groups in total. The number of likely N-dealkylation sites (tertiary alicyclic amines) is 4. The molecule has 37 heteroatoms. The Bertz CT molecular complexity index is 2920. The lowest BCUT2D eigenvalue weighted by Gasteiger charge is -2.29. The summed E-state index contributed by atoms with van der Waals surface area (Å²) in [5.41, 5.74) is 0.549. The zero-order chi connectivity index (χ0) is 83.6. The van der Waals surface area contributed by atoms with E-state index in [1.165, 1.54) is 18.7 Å². The van der Waals surface area contributed by atoms with E-state index in [-0.39, 0.29) is 161 Å². The molecule has 9 unspecified atom stereocenters. The van der Waals surface area contributed by atoms with Crippen molar-refractivity contribution >= 4 is 144 Å². The van der Waals surface area contributed by atoms with Crippen LogP contribution in [0.3, 0.4) is 0 Å². The predicted octanol–water partition coefficient (Wildman–Crippen LogP) is 2.88. The number of amides is 10. The number of ether oxygens (including phenoxy) is 6. The molecular weight excluding hydrogens is 1540 g/mol. The van der Waals surface area contributed by atoms with Crippen molar-refractivity contribution in [1.29, 1.82) is 0 Å². The minimum Gasteiger partial charge on any atom is -0.463 e. The van der Waals surface area contributed by atoms with Gasteiger partial charge in [0.25, 0.3) is 0 Å². The van der Waals surface area contributed by atoms with Crippen molar-refractivity contribution in [2.24, 2.45) is 0 Å². The fourth-order valence-corrected chi connectivity index (χ4v) is 15.6. The third kappa shape index (κ3) is 48.0. The van der Waals surface area contributed by atoms with Crippen LogP contribution < -0.4 is 31.9 Å². The number of carbonyl (C=O) groups is 16. The van der Waals surface area contributed by atoms with Gasteiger partial charge in [-0.1, -0.05) is 26.3 Å². The third-order valence-electron chi connectivity index (χ3n) is 17.0. The van der Waals surface area contributed by atoms with E-state index in [0.29, 0.717) is 136 Å². The van der Waals surface area contributed by atoms with Gasteiger partial charge in [0.2, 0.25) is 61.1 Å². The second-order valence-corrected chi connectivity index (χ2v) is 31.3. The van der Waals surface area contributed by atoms with E-state index < -0.39 is 36.0 Å². The van der Waals surface area contributed by atoms with E-state index in [0.717, 1.165) is 69.0 Å². The highest BCUT2D eigenvalue weighted by Gasteiger charge is 2.33. The van der Waals surface area contributed by atoms with Crippen molar-refractivity contribution < 1.29 is 110 Å². The first-order valence-corrected chi connectivity index (χ1v) is 42.2. The van der Waals surface area contributed by atoms with Gasteiger partial charge in [0.05, 0.1) is 25.9 Å². The van der Waals surface area contributed by atoms with Crippen LogP contribution in [0, 0.1) is 0 Å². The normalized spacial score (nSPS) is 15.9. The van der Waals surface area contributed by atoms with Crippen molar-refractivity contribution in [2.75, 3.05) is 125 Å². The number of aliphatic hydroxyl groups excluding tert-OH is 1. The van der Waals surface area contributed by atoms with Gasteiger partial charge in [-0.25, -0.2) is 19.2 Å². The number of nitrogens with one attached hydrogen (secondary N) is 6. The van der Waals surface area contributed by atoms with Gasteiger partial charge < -0.3 is 85.0 Å². The smallest absolute Gasteiger partial charge is 0.333 e. The molecule has 10 amide bonds. The molecular formula is C75H120N10O23S4. The molecule has 4 saturated heterocycles. The Labute approximate surface area is 675 Å². The molecule has 632 valence electrons. The Morgan fingerprint density at radius 2 is 0.714 bits per heavy atom. The number of aliphatic hydroxyl groups is 1. The van der Waals surface area contributed by atoms with Crippen molar-refractivity contribution in [2.45, 2.75) is 199 Å². The third-order valence-corrected chi connectivity index (χ3v) is 21.4. The van der Waals surface area contributed by atoms with Crippen LogP contribution in [-0.2, 0) is 105 Å². The number of hydrogen-bond donors (Lipinski definition) is 7. The highest BCUT2D eigenvalue weighted by Crippen LogP contribution is 2.25. The highest BCUT2D eigenvalue weighted by atomic mass is 32.2. The van der Waals surface area contributed by atoms with E-state index >= 15 is 0 Å². The lowest BCUT2D eigenvalue weighted by molar-refractivity contribution is -0.150. The maximum absolute atomic E-state index is 12.1. The standard InChI is InChI=1S/C20H32N2O7S.C19H31N3O5S.C18H29N3O5S.C18H28N2O6S/c1-14(2)20(27)29-11-17(24)10-28-19(26)6-8-30-12-16(9-15(3)21-13-23)22-7-4-5-18(22)25;1-14(2)19(26)27-9-7-20-17(24)6-10-28-12-16(11-15(3)21-13-23)22-8-4-5-18(22)25;1-3-18(25)26-9-7-19-16(23)6-10-27-12-15(11-14(2)20-13-22)21-8-4-5-17(21)24;1-3-17(23)25-8-9-26-18(24)6-10-27-12-15(11-14(2)19-13-21)20-7-4-5-16(20)22/h13,15-17,24H,1,4-12H2,2-3H3,(H,21,23);13,15-16H,1,4-12H2,2-3H3,(H,20,24)(H,21,23);3,13-15H,1,4-12H2,2H3,(H,19,23)(H,20,22);3,13-15H,1,4-12H2,2H3,(H,19,21). The molecule has 0 saturated carbocycles. The van der Waals surface area contributed by atoms with Crippen LogP contribution in [0.15, 0.2) is 49.6 Å². The molecule has 4 aliphatic rings. The van der Waals surface area contributed by atoms with Crippen molar-refractivity contribution in [3.63, 3.8) is 0 Å². The molecule has 0 aromatic heterocycles. The van der Waals surface area contributed by atoms with Gasteiger partial charge in [0.1, 0.15) is 45.7 Å². The fourth-order valence-electron chi connectivity index (χ4n) is 11.3. The van der Waals surface area contributed by atoms with Gasteiger partial charge in [-0.05, 0) is 92.9 Å². The van der Waals surface area contributed by atoms with Crippen LogP contribution in [0.1, 0.15) is 144 Å². The molecule has 4 heterocycles. The average molecular weight is 1660 g/mol. The van der Waals surface area contributed by atoms with Gasteiger partial charge in [-0.15, -0.1) is 0 Å². The molecule has 112 heavy (non-hydrogen) atoms. The summed E-state index contributed by atoms with van der Waals surface area (Å²) in [6, 6.07) is 0.0254. The molecule has 0 bridgehead atoms. The summed E-state index contributed by atoms with van der Waals surface area (Å²) in [7, 11) is 0. The zero-order valence-corrected chi connectivity index (χ0v) is 69.1. The van der Waals surface area contributed by atoms with Crippen molar-refractivity contribution in [3.8, 4) is 0 Å². The fraction of sp³-hybridized carbons (Fsp3) is 0.680. The van der Waals surface area contributed by atoms with Crippen LogP contribution in [0.2, 0.25) is 0 Å². The lowest BCUT2D eigenvalue weighted by Crippen LogP contribution is -2.42. The number of thioether (sulfide) groups is 4. The van der Waals surface area contributed by atoms with Crippen LogP contribution >= 0.6 is 47.0 Å². The first-order chi connectivity index (χ1) is 53.5. The van der Waals surface area contributed by atoms with E-state index in [2.05, 4.69) is 58.2 Å². The zero-order valence-electron chi connectivity index (χ0n) is 65.8. The second kappa shape index (κ2) is 62.3. The minimum absolute atomic E-state index is 0.00447. The van der Waals surface area contributed by atoms with Gasteiger partial charge in [0, 0.05) is 182 Å². The summed E-state index contributed by atoms with van der Waals surface area (Å²) in [5, 5.41) is 26.0. The van der Waals surface area contributed by atoms with E-state index in [1.54, 1.807) is 42.2 Å². The predicted molar refractivity (Wildman–Crippen MR) is 428 cm³/mol. The summed E-state index contributed by atoms with van der Waals surface area (Å²) >= 11 is 6.35. The van der Waals surface area contributed by atoms with Crippen LogP contribution in [0.5, 0.6) is 0 Å². The molecule has 0 aliphatic carbocycles. The topological polar surface area (TPSA) is 434 Å². The molecule has 0 spiro atoms. The maximum Gasteiger partial charge on any atom is 0.333 e. The highest BCUT2D eigenvalue weighted by molar-refractivity contribution is 8.00. The number of esters is 6. The summed E-state index contributed by atoms with van der Waals surface area (Å²) in [6.07, 6.45) is 13.2. The van der Waals surface area contributed by atoms with Crippen LogP contribution in [0.25, 0.3) is 0 Å². The minimum atomic E-state index is -1.10. The SMILES string of the molecule is C=C(C)C(=O)OCC(O)COC(=O)CCSCC(CC(C)NC=O)N1CCCC1=O.C=C(C)C(=O)OCCNC(=O)CCSCC(CC(C)NC=O)N1CCCC1=O.C=CC(=O)OCCNC(=O)CCSCC(CC(C)NC=O)N1CCCC1=O.C=CC(=O)OCCOC(=O)CCSCC(CC(C)NC=O)N1CCCC1=O. The molecule has 9 atom stereocenters. The van der Waals surface area contributed by atoms with Gasteiger partial charge >= 0.3 is 35.8 Å².